The Balaban J connectivity index is 1.54. The Morgan fingerprint density at radius 1 is 1.55 bits per heavy atom. The van der Waals surface area contributed by atoms with Gasteiger partial charge in [-0.15, -0.1) is 0 Å². The molecule has 0 N–H and O–H groups in total. The van der Waals surface area contributed by atoms with Gasteiger partial charge in [-0.1, -0.05) is 0 Å². The average Bonchev–Trinajstić information content (AvgIpc) is 2.95. The molecular formula is C15H23N3O2. The number of carbonyl (C=O) groups excluding carboxylic acids is 1. The number of imidazole rings is 1. The largest absolute Gasteiger partial charge is 0.381 e. The number of carbonyl (C=O) groups is 1. The van der Waals surface area contributed by atoms with E-state index in [1.165, 1.54) is 5.82 Å². The van der Waals surface area contributed by atoms with Crippen molar-refractivity contribution in [3.8, 4) is 0 Å². The van der Waals surface area contributed by atoms with Crippen molar-refractivity contribution in [1.82, 2.24) is 14.5 Å². The molecule has 1 aromatic heterocycles. The van der Waals surface area contributed by atoms with Gasteiger partial charge >= 0.3 is 0 Å². The summed E-state index contributed by atoms with van der Waals surface area (Å²) >= 11 is 0. The first-order chi connectivity index (χ1) is 9.74. The first-order valence-corrected chi connectivity index (χ1v) is 7.57. The fourth-order valence-corrected chi connectivity index (χ4v) is 3.31. The minimum absolute atomic E-state index is 0.0705. The molecule has 0 spiro atoms. The Bertz CT molecular complexity index is 465. The van der Waals surface area contributed by atoms with Crippen LogP contribution in [0.15, 0.2) is 12.4 Å². The maximum Gasteiger partial charge on any atom is 0.227 e. The summed E-state index contributed by atoms with van der Waals surface area (Å²) in [6.07, 6.45) is 8.03. The topological polar surface area (TPSA) is 47.4 Å². The standard InChI is InChI=1S/C15H23N3O2/c1-17(15(19)13-3-2-8-20-11-13)9-12-4-5-14-16-6-7-18(14)10-12/h6-7,12-13H,2-5,8-11H2,1H3/t12-,13+/m0/s1. The van der Waals surface area contributed by atoms with Crippen LogP contribution in [0.5, 0.6) is 0 Å². The van der Waals surface area contributed by atoms with Crippen molar-refractivity contribution >= 4 is 5.91 Å². The highest BCUT2D eigenvalue weighted by Gasteiger charge is 2.27. The van der Waals surface area contributed by atoms with Gasteiger partial charge in [0, 0.05) is 45.6 Å². The van der Waals surface area contributed by atoms with Crippen LogP contribution in [-0.4, -0.2) is 47.2 Å². The third-order valence-electron chi connectivity index (χ3n) is 4.45. The highest BCUT2D eigenvalue weighted by Crippen LogP contribution is 2.21. The maximum absolute atomic E-state index is 12.4. The van der Waals surface area contributed by atoms with Crippen LogP contribution in [0.4, 0.5) is 0 Å². The molecule has 5 nitrogen and oxygen atoms in total. The van der Waals surface area contributed by atoms with E-state index < -0.39 is 0 Å². The summed E-state index contributed by atoms with van der Waals surface area (Å²) in [5.41, 5.74) is 0. The Morgan fingerprint density at radius 2 is 2.45 bits per heavy atom. The van der Waals surface area contributed by atoms with Gasteiger partial charge in [-0.25, -0.2) is 4.98 Å². The van der Waals surface area contributed by atoms with E-state index in [1.807, 2.05) is 24.3 Å². The van der Waals surface area contributed by atoms with Gasteiger partial charge in [-0.3, -0.25) is 4.79 Å². The SMILES string of the molecule is CN(C[C@@H]1CCc2nccn2C1)C(=O)[C@@H]1CCCOC1. The number of nitrogens with zero attached hydrogens (tertiary/aromatic N) is 3. The molecule has 1 fully saturated rings. The molecule has 1 saturated heterocycles. The van der Waals surface area contributed by atoms with Gasteiger partial charge in [-0.2, -0.15) is 0 Å². The lowest BCUT2D eigenvalue weighted by molar-refractivity contribution is -0.139. The number of rotatable bonds is 3. The van der Waals surface area contributed by atoms with Crippen LogP contribution >= 0.6 is 0 Å². The predicted octanol–water partition coefficient (Wildman–Crippen LogP) is 1.33. The normalized spacial score (nSPS) is 26.1. The summed E-state index contributed by atoms with van der Waals surface area (Å²) in [6.45, 7) is 3.22. The summed E-state index contributed by atoms with van der Waals surface area (Å²) < 4.78 is 7.64. The minimum atomic E-state index is 0.0705. The zero-order chi connectivity index (χ0) is 13.9. The molecule has 0 aromatic carbocycles. The Hall–Kier alpha value is -1.36. The van der Waals surface area contributed by atoms with Gasteiger partial charge in [0.2, 0.25) is 5.91 Å². The summed E-state index contributed by atoms with van der Waals surface area (Å²) in [6, 6.07) is 0. The molecule has 0 aliphatic carbocycles. The van der Waals surface area contributed by atoms with Gasteiger partial charge in [0.1, 0.15) is 5.82 Å². The molecular weight excluding hydrogens is 254 g/mol. The van der Waals surface area contributed by atoms with E-state index >= 15 is 0 Å². The van der Waals surface area contributed by atoms with E-state index in [-0.39, 0.29) is 11.8 Å². The van der Waals surface area contributed by atoms with E-state index in [9.17, 15) is 4.79 Å². The van der Waals surface area contributed by atoms with Crippen LogP contribution in [0, 0.1) is 11.8 Å². The second-order valence-electron chi connectivity index (χ2n) is 6.03. The van der Waals surface area contributed by atoms with Crippen LogP contribution in [0.1, 0.15) is 25.1 Å². The molecule has 110 valence electrons. The highest BCUT2D eigenvalue weighted by atomic mass is 16.5. The first kappa shape index (κ1) is 13.6. The number of ether oxygens (including phenoxy) is 1. The van der Waals surface area contributed by atoms with Gasteiger partial charge in [0.25, 0.3) is 0 Å². The van der Waals surface area contributed by atoms with Crippen molar-refractivity contribution < 1.29 is 9.53 Å². The summed E-state index contributed by atoms with van der Waals surface area (Å²) in [7, 11) is 1.93. The summed E-state index contributed by atoms with van der Waals surface area (Å²) in [5, 5.41) is 0. The molecule has 2 aliphatic heterocycles. The molecule has 0 unspecified atom stereocenters. The second-order valence-corrected chi connectivity index (χ2v) is 6.03. The molecule has 1 aromatic rings. The van der Waals surface area contributed by atoms with Gasteiger partial charge in [0.15, 0.2) is 0 Å². The van der Waals surface area contributed by atoms with E-state index in [2.05, 4.69) is 9.55 Å². The van der Waals surface area contributed by atoms with Crippen molar-refractivity contribution in [2.45, 2.75) is 32.2 Å². The monoisotopic (exact) mass is 277 g/mol. The van der Waals surface area contributed by atoms with Crippen LogP contribution in [0.25, 0.3) is 0 Å². The minimum Gasteiger partial charge on any atom is -0.381 e. The molecule has 2 aliphatic rings. The molecule has 1 amide bonds. The molecule has 0 saturated carbocycles. The van der Waals surface area contributed by atoms with Crippen LogP contribution < -0.4 is 0 Å². The lowest BCUT2D eigenvalue weighted by Crippen LogP contribution is -2.41. The van der Waals surface area contributed by atoms with Gasteiger partial charge in [-0.05, 0) is 25.2 Å². The van der Waals surface area contributed by atoms with Crippen molar-refractivity contribution in [2.75, 3.05) is 26.8 Å². The fourth-order valence-electron chi connectivity index (χ4n) is 3.31. The number of aryl methyl sites for hydroxylation is 1. The number of hydrogen-bond donors (Lipinski definition) is 0. The zero-order valence-electron chi connectivity index (χ0n) is 12.1. The van der Waals surface area contributed by atoms with E-state index in [0.29, 0.717) is 12.5 Å². The Kier molecular flexibility index (Phi) is 4.05. The van der Waals surface area contributed by atoms with Crippen molar-refractivity contribution in [3.63, 3.8) is 0 Å². The number of amides is 1. The Labute approximate surface area is 119 Å². The predicted molar refractivity (Wildman–Crippen MR) is 75.2 cm³/mol. The molecule has 2 atom stereocenters. The first-order valence-electron chi connectivity index (χ1n) is 7.57. The third kappa shape index (κ3) is 2.87. The van der Waals surface area contributed by atoms with Crippen LogP contribution in [-0.2, 0) is 22.5 Å². The molecule has 0 bridgehead atoms. The summed E-state index contributed by atoms with van der Waals surface area (Å²) in [5.74, 6) is 2.04. The number of aromatic nitrogens is 2. The van der Waals surface area contributed by atoms with Gasteiger partial charge < -0.3 is 14.2 Å². The van der Waals surface area contributed by atoms with Crippen LogP contribution in [0.2, 0.25) is 0 Å². The zero-order valence-corrected chi connectivity index (χ0v) is 12.1. The highest BCUT2D eigenvalue weighted by molar-refractivity contribution is 5.78. The molecule has 0 radical (unpaired) electrons. The average molecular weight is 277 g/mol. The third-order valence-corrected chi connectivity index (χ3v) is 4.45. The van der Waals surface area contributed by atoms with Gasteiger partial charge in [0.05, 0.1) is 12.5 Å². The smallest absolute Gasteiger partial charge is 0.227 e. The number of hydrogen-bond acceptors (Lipinski definition) is 3. The molecule has 5 heteroatoms. The van der Waals surface area contributed by atoms with E-state index in [1.54, 1.807) is 0 Å². The van der Waals surface area contributed by atoms with Crippen LogP contribution in [0.3, 0.4) is 0 Å². The second kappa shape index (κ2) is 5.95. The van der Waals surface area contributed by atoms with E-state index in [0.717, 1.165) is 45.4 Å². The lowest BCUT2D eigenvalue weighted by atomic mass is 9.97. The Morgan fingerprint density at radius 3 is 3.25 bits per heavy atom. The fraction of sp³-hybridized carbons (Fsp3) is 0.733. The maximum atomic E-state index is 12.4. The van der Waals surface area contributed by atoms with Crippen molar-refractivity contribution in [1.29, 1.82) is 0 Å². The number of fused-ring (bicyclic) bond motifs is 1. The summed E-state index contributed by atoms with van der Waals surface area (Å²) in [4.78, 5) is 18.6. The molecule has 3 heterocycles. The lowest BCUT2D eigenvalue weighted by Gasteiger charge is -2.31. The quantitative estimate of drug-likeness (QED) is 0.837. The van der Waals surface area contributed by atoms with Crippen molar-refractivity contribution in [2.24, 2.45) is 11.8 Å². The molecule has 20 heavy (non-hydrogen) atoms. The van der Waals surface area contributed by atoms with Crippen molar-refractivity contribution in [3.05, 3.63) is 18.2 Å². The molecule has 3 rings (SSSR count). The van der Waals surface area contributed by atoms with E-state index in [4.69, 9.17) is 4.74 Å².